The molecule has 138 valence electrons. The quantitative estimate of drug-likeness (QED) is 0.208. The Morgan fingerprint density at radius 1 is 1.04 bits per heavy atom. The zero-order valence-electron chi connectivity index (χ0n) is 14.9. The minimum Gasteiger partial charge on any atom is -0.427 e. The number of unbranched alkanes of at least 4 members (excludes halogenated alkanes) is 1. The van der Waals surface area contributed by atoms with Gasteiger partial charge in [0.1, 0.15) is 11.5 Å². The summed E-state index contributed by atoms with van der Waals surface area (Å²) in [6, 6.07) is 13.5. The first-order valence-electron chi connectivity index (χ1n) is 8.49. The van der Waals surface area contributed by atoms with Crippen LogP contribution in [0.15, 0.2) is 59.6 Å². The molecule has 2 aromatic rings. The highest BCUT2D eigenvalue weighted by molar-refractivity contribution is 7.78. The Morgan fingerprint density at radius 2 is 1.67 bits per heavy atom. The van der Waals surface area contributed by atoms with Crippen LogP contribution in [-0.2, 0) is 9.59 Å². The van der Waals surface area contributed by atoms with Gasteiger partial charge in [-0.25, -0.2) is 4.79 Å². The van der Waals surface area contributed by atoms with Gasteiger partial charge in [-0.3, -0.25) is 4.79 Å². The first-order chi connectivity index (χ1) is 13.1. The van der Waals surface area contributed by atoms with Crippen molar-refractivity contribution in [2.75, 3.05) is 0 Å². The number of hydrogen-bond acceptors (Lipinski definition) is 6. The SMILES string of the molecule is CCCCC(=O)Oc1ccc(/C=C/C(=O)Oc2ccc(N=C=S)cc2)cc1. The fourth-order valence-corrected chi connectivity index (χ4v) is 2.21. The Balaban J connectivity index is 1.88. The summed E-state index contributed by atoms with van der Waals surface area (Å²) in [4.78, 5) is 27.3. The van der Waals surface area contributed by atoms with E-state index < -0.39 is 5.97 Å². The Hall–Kier alpha value is -3.08. The van der Waals surface area contributed by atoms with E-state index in [1.165, 1.54) is 6.08 Å². The van der Waals surface area contributed by atoms with Crippen LogP contribution in [0, 0.1) is 0 Å². The maximum atomic E-state index is 11.9. The lowest BCUT2D eigenvalue weighted by molar-refractivity contribution is -0.134. The number of benzene rings is 2. The van der Waals surface area contributed by atoms with E-state index in [4.69, 9.17) is 9.47 Å². The van der Waals surface area contributed by atoms with Crippen LogP contribution < -0.4 is 9.47 Å². The Labute approximate surface area is 163 Å². The van der Waals surface area contributed by atoms with Gasteiger partial charge >= 0.3 is 11.9 Å². The second kappa shape index (κ2) is 10.8. The molecule has 0 saturated carbocycles. The third kappa shape index (κ3) is 7.36. The molecule has 0 radical (unpaired) electrons. The summed E-state index contributed by atoms with van der Waals surface area (Å²) >= 11 is 4.53. The van der Waals surface area contributed by atoms with E-state index in [1.54, 1.807) is 54.6 Å². The van der Waals surface area contributed by atoms with Crippen LogP contribution in [0.5, 0.6) is 11.5 Å². The topological polar surface area (TPSA) is 65.0 Å². The molecule has 0 aromatic heterocycles. The van der Waals surface area contributed by atoms with Crippen molar-refractivity contribution in [2.24, 2.45) is 4.99 Å². The van der Waals surface area contributed by atoms with Crippen LogP contribution >= 0.6 is 12.2 Å². The highest BCUT2D eigenvalue weighted by Gasteiger charge is 2.04. The molecule has 0 aliphatic carbocycles. The number of ether oxygens (including phenoxy) is 2. The zero-order valence-corrected chi connectivity index (χ0v) is 15.7. The molecule has 27 heavy (non-hydrogen) atoms. The van der Waals surface area contributed by atoms with Gasteiger partial charge in [0, 0.05) is 12.5 Å². The molecule has 5 nitrogen and oxygen atoms in total. The molecule has 2 aromatic carbocycles. The number of esters is 2. The molecule has 2 rings (SSSR count). The molecule has 0 heterocycles. The first-order valence-corrected chi connectivity index (χ1v) is 8.90. The molecule has 0 aliphatic heterocycles. The van der Waals surface area contributed by atoms with Crippen LogP contribution in [0.4, 0.5) is 5.69 Å². The van der Waals surface area contributed by atoms with Gasteiger partial charge < -0.3 is 9.47 Å². The van der Waals surface area contributed by atoms with E-state index in [0.717, 1.165) is 18.4 Å². The molecule has 0 unspecified atom stereocenters. The second-order valence-corrected chi connectivity index (χ2v) is 5.78. The van der Waals surface area contributed by atoms with E-state index in [1.807, 2.05) is 6.92 Å². The van der Waals surface area contributed by atoms with Gasteiger partial charge in [-0.1, -0.05) is 25.5 Å². The van der Waals surface area contributed by atoms with Crippen LogP contribution in [0.3, 0.4) is 0 Å². The fraction of sp³-hybridized carbons (Fsp3) is 0.190. The minimum atomic E-state index is -0.504. The largest absolute Gasteiger partial charge is 0.427 e. The van der Waals surface area contributed by atoms with E-state index in [2.05, 4.69) is 22.4 Å². The van der Waals surface area contributed by atoms with Gasteiger partial charge in [0.2, 0.25) is 0 Å². The molecule has 0 aliphatic rings. The van der Waals surface area contributed by atoms with Crippen molar-refractivity contribution >= 4 is 41.1 Å². The molecule has 0 N–H and O–H groups in total. The third-order valence-corrected chi connectivity index (χ3v) is 3.58. The minimum absolute atomic E-state index is 0.244. The highest BCUT2D eigenvalue weighted by atomic mass is 32.1. The predicted molar refractivity (Wildman–Crippen MR) is 107 cm³/mol. The lowest BCUT2D eigenvalue weighted by Gasteiger charge is -2.04. The molecule has 0 atom stereocenters. The van der Waals surface area contributed by atoms with Crippen LogP contribution in [-0.4, -0.2) is 17.1 Å². The maximum Gasteiger partial charge on any atom is 0.336 e. The van der Waals surface area contributed by atoms with E-state index >= 15 is 0 Å². The molecule has 0 fully saturated rings. The summed E-state index contributed by atoms with van der Waals surface area (Å²) in [6.07, 6.45) is 5.11. The number of carbonyl (C=O) groups excluding carboxylic acids is 2. The molecule has 0 spiro atoms. The average Bonchev–Trinajstić information content (AvgIpc) is 2.67. The Kier molecular flexibility index (Phi) is 8.10. The first kappa shape index (κ1) is 20.2. The summed E-state index contributed by atoms with van der Waals surface area (Å²) in [5.74, 6) is 0.138. The zero-order chi connectivity index (χ0) is 19.5. The molecule has 0 bridgehead atoms. The lowest BCUT2D eigenvalue weighted by atomic mass is 10.2. The van der Waals surface area contributed by atoms with Crippen molar-refractivity contribution in [1.82, 2.24) is 0 Å². The summed E-state index contributed by atoms with van der Waals surface area (Å²) in [6.45, 7) is 2.02. The standard InChI is InChI=1S/C21H19NO4S/c1-2-3-4-20(23)25-18-10-5-16(6-11-18)7-14-21(24)26-19-12-8-17(9-13-19)22-15-27/h5-14H,2-4H2,1H3/b14-7+. The Bertz CT molecular complexity index is 851. The molecular weight excluding hydrogens is 362 g/mol. The van der Waals surface area contributed by atoms with Gasteiger partial charge in [0.15, 0.2) is 0 Å². The van der Waals surface area contributed by atoms with E-state index in [-0.39, 0.29) is 5.97 Å². The van der Waals surface area contributed by atoms with Crippen molar-refractivity contribution < 1.29 is 19.1 Å². The van der Waals surface area contributed by atoms with Gasteiger partial charge in [0.05, 0.1) is 10.8 Å². The van der Waals surface area contributed by atoms with E-state index in [0.29, 0.717) is 23.6 Å². The van der Waals surface area contributed by atoms with Crippen LogP contribution in [0.1, 0.15) is 31.7 Å². The molecule has 0 amide bonds. The molecule has 0 saturated heterocycles. The number of carbonyl (C=O) groups is 2. The summed E-state index contributed by atoms with van der Waals surface area (Å²) < 4.78 is 10.4. The van der Waals surface area contributed by atoms with Crippen molar-refractivity contribution in [1.29, 1.82) is 0 Å². The smallest absolute Gasteiger partial charge is 0.336 e. The number of hydrogen-bond donors (Lipinski definition) is 0. The van der Waals surface area contributed by atoms with Crippen LogP contribution in [0.2, 0.25) is 0 Å². The normalized spacial score (nSPS) is 10.3. The Morgan fingerprint density at radius 3 is 2.30 bits per heavy atom. The van der Waals surface area contributed by atoms with Gasteiger partial charge in [-0.15, -0.1) is 0 Å². The molecular formula is C21H19NO4S. The summed E-state index contributed by atoms with van der Waals surface area (Å²) in [7, 11) is 0. The molecule has 6 heteroatoms. The van der Waals surface area contributed by atoms with Gasteiger partial charge in [0.25, 0.3) is 0 Å². The van der Waals surface area contributed by atoms with Crippen LogP contribution in [0.25, 0.3) is 6.08 Å². The summed E-state index contributed by atoms with van der Waals surface area (Å²) in [5.41, 5.74) is 1.42. The third-order valence-electron chi connectivity index (χ3n) is 3.49. The van der Waals surface area contributed by atoms with Crippen molar-refractivity contribution in [2.45, 2.75) is 26.2 Å². The lowest BCUT2D eigenvalue weighted by Crippen LogP contribution is -2.07. The fourth-order valence-electron chi connectivity index (χ4n) is 2.11. The number of thiocarbonyl (C=S) groups is 1. The van der Waals surface area contributed by atoms with Gasteiger partial charge in [-0.05, 0) is 66.7 Å². The van der Waals surface area contributed by atoms with Crippen molar-refractivity contribution in [3.63, 3.8) is 0 Å². The number of isothiocyanates is 1. The summed E-state index contributed by atoms with van der Waals surface area (Å²) in [5, 5.41) is 2.27. The van der Waals surface area contributed by atoms with Crippen molar-refractivity contribution in [3.05, 3.63) is 60.2 Å². The number of rotatable bonds is 8. The van der Waals surface area contributed by atoms with Gasteiger partial charge in [-0.2, -0.15) is 4.99 Å². The monoisotopic (exact) mass is 381 g/mol. The average molecular weight is 381 g/mol. The van der Waals surface area contributed by atoms with Crippen molar-refractivity contribution in [3.8, 4) is 11.5 Å². The number of aliphatic imine (C=N–C) groups is 1. The highest BCUT2D eigenvalue weighted by Crippen LogP contribution is 2.18. The maximum absolute atomic E-state index is 11.9. The number of nitrogens with zero attached hydrogens (tertiary/aromatic N) is 1. The predicted octanol–water partition coefficient (Wildman–Crippen LogP) is 5.14. The second-order valence-electron chi connectivity index (χ2n) is 5.60. The van der Waals surface area contributed by atoms with E-state index in [9.17, 15) is 9.59 Å².